The van der Waals surface area contributed by atoms with E-state index < -0.39 is 0 Å². The van der Waals surface area contributed by atoms with Crippen molar-refractivity contribution in [2.24, 2.45) is 10.6 Å². The van der Waals surface area contributed by atoms with Crippen LogP contribution < -0.4 is 0 Å². The molecule has 0 bridgehead atoms. The van der Waals surface area contributed by atoms with Crippen LogP contribution in [0.15, 0.2) is 5.16 Å². The maximum Gasteiger partial charge on any atom is 0.117 e. The topological polar surface area (TPSA) is 21.6 Å². The smallest absolute Gasteiger partial charge is 0.117 e. The van der Waals surface area contributed by atoms with Gasteiger partial charge < -0.3 is 4.84 Å². The lowest BCUT2D eigenvalue weighted by molar-refractivity contribution is 0.116. The molecule has 0 spiro atoms. The van der Waals surface area contributed by atoms with Gasteiger partial charge in [-0.25, -0.2) is 0 Å². The molecule has 0 fully saturated rings. The largest absolute Gasteiger partial charge is 0.396 e. The molecule has 0 aromatic carbocycles. The molecule has 0 aliphatic heterocycles. The van der Waals surface area contributed by atoms with Crippen molar-refractivity contribution in [3.05, 3.63) is 0 Å². The van der Waals surface area contributed by atoms with Gasteiger partial charge in [-0.1, -0.05) is 25.9 Å². The molecule has 0 aromatic rings. The summed E-state index contributed by atoms with van der Waals surface area (Å²) in [6.07, 6.45) is 1.05. The summed E-state index contributed by atoms with van der Waals surface area (Å²) in [5, 5.41) is 3.84. The van der Waals surface area contributed by atoms with Crippen molar-refractivity contribution in [2.45, 2.75) is 41.0 Å². The van der Waals surface area contributed by atoms with E-state index in [9.17, 15) is 0 Å². The minimum absolute atomic E-state index is 0.344. The van der Waals surface area contributed by atoms with Gasteiger partial charge in [-0.2, -0.15) is 0 Å². The number of hydrogen-bond acceptors (Lipinski definition) is 2. The van der Waals surface area contributed by atoms with Gasteiger partial charge in [-0.3, -0.25) is 0 Å². The lowest BCUT2D eigenvalue weighted by Crippen LogP contribution is -2.08. The third kappa shape index (κ3) is 9.47. The first-order valence-corrected chi connectivity index (χ1v) is 4.05. The van der Waals surface area contributed by atoms with Crippen LogP contribution >= 0.6 is 0 Å². The molecule has 0 unspecified atom stereocenters. The van der Waals surface area contributed by atoms with Crippen LogP contribution in [-0.4, -0.2) is 12.3 Å². The van der Waals surface area contributed by atoms with Gasteiger partial charge in [0.25, 0.3) is 0 Å². The highest BCUT2D eigenvalue weighted by Crippen LogP contribution is 2.17. The zero-order valence-corrected chi connectivity index (χ0v) is 8.27. The maximum atomic E-state index is 5.06. The van der Waals surface area contributed by atoms with Crippen molar-refractivity contribution in [3.8, 4) is 0 Å². The fraction of sp³-hybridized carbons (Fsp3) is 0.889. The fourth-order valence-electron chi connectivity index (χ4n) is 0.527. The predicted molar refractivity (Wildman–Crippen MR) is 48.8 cm³/mol. The monoisotopic (exact) mass is 157 g/mol. The first kappa shape index (κ1) is 10.5. The molecule has 0 aliphatic rings. The summed E-state index contributed by atoms with van der Waals surface area (Å²) < 4.78 is 0. The molecule has 66 valence electrons. The molecule has 0 saturated heterocycles. The van der Waals surface area contributed by atoms with Gasteiger partial charge in [-0.15, -0.1) is 0 Å². The second-order valence-electron chi connectivity index (χ2n) is 4.18. The molecule has 0 atom stereocenters. The molecule has 11 heavy (non-hydrogen) atoms. The Balaban J connectivity index is 3.36. The molecular formula is C9H19NO. The van der Waals surface area contributed by atoms with Gasteiger partial charge >= 0.3 is 0 Å². The molecule has 0 rings (SSSR count). The van der Waals surface area contributed by atoms with E-state index in [2.05, 4.69) is 25.9 Å². The van der Waals surface area contributed by atoms with Gasteiger partial charge in [-0.05, 0) is 25.7 Å². The Morgan fingerprint density at radius 2 is 1.82 bits per heavy atom. The van der Waals surface area contributed by atoms with E-state index in [1.54, 1.807) is 0 Å². The van der Waals surface area contributed by atoms with Crippen LogP contribution in [0.5, 0.6) is 0 Å². The lowest BCUT2D eigenvalue weighted by atomic mass is 9.93. The van der Waals surface area contributed by atoms with Crippen LogP contribution in [-0.2, 0) is 4.84 Å². The summed E-state index contributed by atoms with van der Waals surface area (Å²) in [6.45, 7) is 11.2. The Morgan fingerprint density at radius 3 is 2.18 bits per heavy atom. The predicted octanol–water partition coefficient (Wildman–Crippen LogP) is 2.84. The molecule has 0 saturated carbocycles. The first-order chi connectivity index (χ1) is 4.92. The van der Waals surface area contributed by atoms with Gasteiger partial charge in [0.15, 0.2) is 0 Å². The summed E-state index contributed by atoms with van der Waals surface area (Å²) in [6, 6.07) is 0. The molecule has 0 amide bonds. The molecule has 0 N–H and O–H groups in total. The van der Waals surface area contributed by atoms with E-state index in [-0.39, 0.29) is 0 Å². The molecule has 0 aromatic heterocycles. The molecular weight excluding hydrogens is 138 g/mol. The van der Waals surface area contributed by atoms with Gasteiger partial charge in [0.1, 0.15) is 6.61 Å². The first-order valence-electron chi connectivity index (χ1n) is 4.05. The number of nitrogens with zero attached hydrogens (tertiary/aromatic N) is 1. The second-order valence-corrected chi connectivity index (χ2v) is 4.18. The van der Waals surface area contributed by atoms with Crippen LogP contribution in [0, 0.1) is 5.41 Å². The Bertz CT molecular complexity index is 129. The van der Waals surface area contributed by atoms with Crippen LogP contribution in [0.3, 0.4) is 0 Å². The van der Waals surface area contributed by atoms with Crippen LogP contribution in [0.4, 0.5) is 0 Å². The Hall–Kier alpha value is -0.530. The van der Waals surface area contributed by atoms with E-state index >= 15 is 0 Å². The highest BCUT2D eigenvalue weighted by Gasteiger charge is 2.09. The summed E-state index contributed by atoms with van der Waals surface area (Å²) in [5.74, 6) is 0. The van der Waals surface area contributed by atoms with Crippen LogP contribution in [0.2, 0.25) is 0 Å². The Morgan fingerprint density at radius 1 is 1.27 bits per heavy atom. The standard InChI is InChI=1S/C9H19NO/c1-8(2)10-11-7-6-9(3,4)5/h6-7H2,1-5H3. The average Bonchev–Trinajstić information content (AvgIpc) is 1.78. The summed E-state index contributed by atoms with van der Waals surface area (Å²) in [4.78, 5) is 5.06. The van der Waals surface area contributed by atoms with Gasteiger partial charge in [0.2, 0.25) is 0 Å². The fourth-order valence-corrected chi connectivity index (χ4v) is 0.527. The molecule has 0 aliphatic carbocycles. The summed E-state index contributed by atoms with van der Waals surface area (Å²) in [5.41, 5.74) is 1.32. The highest BCUT2D eigenvalue weighted by molar-refractivity contribution is 5.78. The SMILES string of the molecule is CC(C)=NOCCC(C)(C)C. The molecule has 0 heterocycles. The lowest BCUT2D eigenvalue weighted by Gasteiger charge is -2.16. The summed E-state index contributed by atoms with van der Waals surface area (Å²) >= 11 is 0. The van der Waals surface area contributed by atoms with Crippen molar-refractivity contribution < 1.29 is 4.84 Å². The van der Waals surface area contributed by atoms with Crippen molar-refractivity contribution in [3.63, 3.8) is 0 Å². The van der Waals surface area contributed by atoms with E-state index in [0.29, 0.717) is 12.0 Å². The zero-order chi connectivity index (χ0) is 8.91. The Kier molecular flexibility index (Phi) is 4.16. The molecule has 2 heteroatoms. The number of oxime groups is 1. The van der Waals surface area contributed by atoms with Crippen LogP contribution in [0.1, 0.15) is 41.0 Å². The molecule has 0 radical (unpaired) electrons. The Labute approximate surface area is 69.6 Å². The maximum absolute atomic E-state index is 5.06. The highest BCUT2D eigenvalue weighted by atomic mass is 16.6. The number of rotatable bonds is 3. The quantitative estimate of drug-likeness (QED) is 0.350. The second kappa shape index (κ2) is 4.37. The minimum Gasteiger partial charge on any atom is -0.396 e. The van der Waals surface area contributed by atoms with Crippen molar-refractivity contribution in [1.29, 1.82) is 0 Å². The van der Waals surface area contributed by atoms with Crippen molar-refractivity contribution in [2.75, 3.05) is 6.61 Å². The van der Waals surface area contributed by atoms with Gasteiger partial charge in [0.05, 0.1) is 5.71 Å². The minimum atomic E-state index is 0.344. The third-order valence-corrected chi connectivity index (χ3v) is 1.19. The van der Waals surface area contributed by atoms with E-state index in [1.165, 1.54) is 0 Å². The van der Waals surface area contributed by atoms with Crippen LogP contribution in [0.25, 0.3) is 0 Å². The average molecular weight is 157 g/mol. The van der Waals surface area contributed by atoms with E-state index in [4.69, 9.17) is 4.84 Å². The van der Waals surface area contributed by atoms with E-state index in [0.717, 1.165) is 12.1 Å². The normalized spacial score (nSPS) is 11.0. The van der Waals surface area contributed by atoms with Crippen molar-refractivity contribution >= 4 is 5.71 Å². The van der Waals surface area contributed by atoms with Gasteiger partial charge in [0, 0.05) is 0 Å². The van der Waals surface area contributed by atoms with E-state index in [1.807, 2.05) is 13.8 Å². The van der Waals surface area contributed by atoms with Crippen molar-refractivity contribution in [1.82, 2.24) is 0 Å². The third-order valence-electron chi connectivity index (χ3n) is 1.19. The number of hydrogen-bond donors (Lipinski definition) is 0. The zero-order valence-electron chi connectivity index (χ0n) is 8.27. The molecule has 2 nitrogen and oxygen atoms in total. The summed E-state index contributed by atoms with van der Waals surface area (Å²) in [7, 11) is 0.